The number of aliphatic hydroxyl groups is 3. The molecule has 3 heteroatoms. The molecule has 4 rings (SSSR count). The van der Waals surface area contributed by atoms with Crippen LogP contribution in [0, 0.1) is 46.3 Å². The molecule has 3 fully saturated rings. The summed E-state index contributed by atoms with van der Waals surface area (Å²) in [6, 6.07) is 0. The van der Waals surface area contributed by atoms with Crippen molar-refractivity contribution in [1.82, 2.24) is 0 Å². The fourth-order valence-corrected chi connectivity index (χ4v) is 8.67. The van der Waals surface area contributed by atoms with Crippen molar-refractivity contribution in [1.29, 1.82) is 0 Å². The second-order valence-corrected chi connectivity index (χ2v) is 12.6. The van der Waals surface area contributed by atoms with Gasteiger partial charge in [0.25, 0.3) is 0 Å². The van der Waals surface area contributed by atoms with Crippen molar-refractivity contribution in [3.05, 3.63) is 11.6 Å². The molecule has 0 aromatic heterocycles. The quantitative estimate of drug-likeness (QED) is 0.414. The van der Waals surface area contributed by atoms with Gasteiger partial charge in [0.15, 0.2) is 0 Å². The monoisotopic (exact) mass is 448 g/mol. The van der Waals surface area contributed by atoms with Gasteiger partial charge in [0, 0.05) is 0 Å². The largest absolute Gasteiger partial charge is 0.394 e. The van der Waals surface area contributed by atoms with E-state index in [1.165, 1.54) is 57.8 Å². The number of hydrogen-bond acceptors (Lipinski definition) is 3. The van der Waals surface area contributed by atoms with Gasteiger partial charge in [-0.3, -0.25) is 0 Å². The first-order valence-electron chi connectivity index (χ1n) is 13.8. The lowest BCUT2D eigenvalue weighted by molar-refractivity contribution is -0.0573. The average Bonchev–Trinajstić information content (AvgIpc) is 3.11. The van der Waals surface area contributed by atoms with Gasteiger partial charge in [-0.15, -0.1) is 0 Å². The Kier molecular flexibility index (Phi) is 8.94. The molecule has 0 amide bonds. The zero-order valence-corrected chi connectivity index (χ0v) is 21.7. The lowest BCUT2D eigenvalue weighted by Gasteiger charge is -2.58. The van der Waals surface area contributed by atoms with Crippen LogP contribution < -0.4 is 0 Å². The minimum Gasteiger partial charge on any atom is -0.394 e. The first-order chi connectivity index (χ1) is 15.2. The van der Waals surface area contributed by atoms with Gasteiger partial charge >= 0.3 is 0 Å². The standard InChI is InChI=1S/C27H46O.C2H6O2/c1-18(2)7-6-8-19(3)23-11-12-24-22-10-9-20-17-21(28)13-15-26(20,4)25(22)14-16-27(23,24)5;3-1-2-4/h9,18-19,21-25,28H,6-8,10-17H2,1-5H3;3-4H,1-2H2/t19-,21+,22+,23-,24+,25+,26+,27-;/m1./s1. The molecule has 0 aromatic carbocycles. The zero-order chi connectivity index (χ0) is 23.5. The van der Waals surface area contributed by atoms with E-state index >= 15 is 0 Å². The lowest BCUT2D eigenvalue weighted by Crippen LogP contribution is -2.50. The third-order valence-corrected chi connectivity index (χ3v) is 10.4. The minimum absolute atomic E-state index is 0.0766. The maximum atomic E-state index is 10.2. The van der Waals surface area contributed by atoms with Crippen LogP contribution in [0.2, 0.25) is 0 Å². The Hall–Kier alpha value is -0.380. The predicted octanol–water partition coefficient (Wildman–Crippen LogP) is 6.36. The minimum atomic E-state index is -0.125. The summed E-state index contributed by atoms with van der Waals surface area (Å²) in [5, 5.41) is 25.5. The smallest absolute Gasteiger partial charge is 0.0662 e. The summed E-state index contributed by atoms with van der Waals surface area (Å²) >= 11 is 0. The molecule has 3 nitrogen and oxygen atoms in total. The normalized spacial score (nSPS) is 41.7. The summed E-state index contributed by atoms with van der Waals surface area (Å²) in [6.45, 7) is 12.3. The van der Waals surface area contributed by atoms with Crippen LogP contribution in [0.3, 0.4) is 0 Å². The molecule has 0 radical (unpaired) electrons. The number of allylic oxidation sites excluding steroid dienone is 1. The van der Waals surface area contributed by atoms with E-state index in [1.54, 1.807) is 5.57 Å². The second kappa shape index (κ2) is 10.9. The first-order valence-corrected chi connectivity index (χ1v) is 13.8. The van der Waals surface area contributed by atoms with Crippen LogP contribution in [0.15, 0.2) is 11.6 Å². The van der Waals surface area contributed by atoms with Crippen LogP contribution in [0.5, 0.6) is 0 Å². The van der Waals surface area contributed by atoms with Gasteiger partial charge < -0.3 is 15.3 Å². The van der Waals surface area contributed by atoms with E-state index in [9.17, 15) is 5.11 Å². The molecule has 32 heavy (non-hydrogen) atoms. The average molecular weight is 449 g/mol. The van der Waals surface area contributed by atoms with Crippen LogP contribution in [-0.4, -0.2) is 34.6 Å². The molecule has 0 spiro atoms. The summed E-state index contributed by atoms with van der Waals surface area (Å²) in [5.41, 5.74) is 2.60. The first kappa shape index (κ1) is 26.2. The molecular formula is C29H52O3. The molecule has 0 heterocycles. The van der Waals surface area contributed by atoms with Crippen LogP contribution in [0.1, 0.15) is 105 Å². The van der Waals surface area contributed by atoms with Crippen molar-refractivity contribution in [3.8, 4) is 0 Å². The van der Waals surface area contributed by atoms with Crippen molar-refractivity contribution in [2.75, 3.05) is 13.2 Å². The molecule has 4 aliphatic rings. The maximum Gasteiger partial charge on any atom is 0.0662 e. The van der Waals surface area contributed by atoms with Crippen molar-refractivity contribution in [2.24, 2.45) is 46.3 Å². The molecule has 186 valence electrons. The van der Waals surface area contributed by atoms with Crippen LogP contribution in [-0.2, 0) is 0 Å². The Morgan fingerprint density at radius 1 is 0.938 bits per heavy atom. The van der Waals surface area contributed by atoms with Gasteiger partial charge in [0.05, 0.1) is 19.3 Å². The molecule has 3 N–H and O–H groups in total. The number of rotatable bonds is 6. The number of fused-ring (bicyclic) bond motifs is 5. The van der Waals surface area contributed by atoms with Crippen LogP contribution in [0.4, 0.5) is 0 Å². The number of hydrogen-bond donors (Lipinski definition) is 3. The van der Waals surface area contributed by atoms with Crippen LogP contribution >= 0.6 is 0 Å². The molecule has 8 atom stereocenters. The summed E-state index contributed by atoms with van der Waals surface area (Å²) in [6.07, 6.45) is 17.2. The highest BCUT2D eigenvalue weighted by molar-refractivity contribution is 5.25. The topological polar surface area (TPSA) is 60.7 Å². The van der Waals surface area contributed by atoms with E-state index in [-0.39, 0.29) is 19.3 Å². The zero-order valence-electron chi connectivity index (χ0n) is 21.7. The highest BCUT2D eigenvalue weighted by atomic mass is 16.3. The van der Waals surface area contributed by atoms with Gasteiger partial charge in [-0.05, 0) is 97.7 Å². The Balaban J connectivity index is 0.000000668. The Morgan fingerprint density at radius 3 is 2.31 bits per heavy atom. The Labute approximate surface area is 198 Å². The Morgan fingerprint density at radius 2 is 1.66 bits per heavy atom. The van der Waals surface area contributed by atoms with Gasteiger partial charge in [-0.25, -0.2) is 0 Å². The molecule has 0 aliphatic heterocycles. The fourth-order valence-electron chi connectivity index (χ4n) is 8.67. The van der Waals surface area contributed by atoms with Crippen molar-refractivity contribution in [3.63, 3.8) is 0 Å². The fraction of sp³-hybridized carbons (Fsp3) is 0.931. The summed E-state index contributed by atoms with van der Waals surface area (Å²) in [4.78, 5) is 0. The molecule has 0 unspecified atom stereocenters. The van der Waals surface area contributed by atoms with E-state index in [0.29, 0.717) is 10.8 Å². The van der Waals surface area contributed by atoms with E-state index in [0.717, 1.165) is 48.3 Å². The summed E-state index contributed by atoms with van der Waals surface area (Å²) < 4.78 is 0. The van der Waals surface area contributed by atoms with E-state index < -0.39 is 0 Å². The van der Waals surface area contributed by atoms with Crippen molar-refractivity contribution in [2.45, 2.75) is 111 Å². The van der Waals surface area contributed by atoms with Crippen molar-refractivity contribution < 1.29 is 15.3 Å². The maximum absolute atomic E-state index is 10.2. The van der Waals surface area contributed by atoms with Gasteiger partial charge in [-0.2, -0.15) is 0 Å². The third-order valence-electron chi connectivity index (χ3n) is 10.4. The lowest BCUT2D eigenvalue weighted by atomic mass is 9.47. The van der Waals surface area contributed by atoms with E-state index in [4.69, 9.17) is 10.2 Å². The van der Waals surface area contributed by atoms with Crippen LogP contribution in [0.25, 0.3) is 0 Å². The van der Waals surface area contributed by atoms with Crippen molar-refractivity contribution >= 4 is 0 Å². The number of aliphatic hydroxyl groups excluding tert-OH is 3. The van der Waals surface area contributed by atoms with Gasteiger partial charge in [0.1, 0.15) is 0 Å². The van der Waals surface area contributed by atoms with E-state index in [2.05, 4.69) is 40.7 Å². The van der Waals surface area contributed by atoms with Gasteiger partial charge in [-0.1, -0.05) is 65.5 Å². The summed E-state index contributed by atoms with van der Waals surface area (Å²) in [5.74, 6) is 5.46. The molecular weight excluding hydrogens is 396 g/mol. The highest BCUT2D eigenvalue weighted by Crippen LogP contribution is 2.67. The predicted molar refractivity (Wildman–Crippen MR) is 133 cm³/mol. The molecule has 0 bridgehead atoms. The molecule has 0 saturated heterocycles. The second-order valence-electron chi connectivity index (χ2n) is 12.6. The molecule has 0 aromatic rings. The molecule has 3 saturated carbocycles. The van der Waals surface area contributed by atoms with E-state index in [1.807, 2.05) is 0 Å². The Bertz CT molecular complexity index is 626. The van der Waals surface area contributed by atoms with Gasteiger partial charge in [0.2, 0.25) is 0 Å². The summed E-state index contributed by atoms with van der Waals surface area (Å²) in [7, 11) is 0. The highest BCUT2D eigenvalue weighted by Gasteiger charge is 2.59. The SMILES string of the molecule is CC(C)CCC[C@@H](C)[C@H]1CC[C@H]2[C@@H]3CC=C4C[C@@H](O)CC[C@]4(C)[C@H]3CC[C@]12C.OCCO. The molecule has 4 aliphatic carbocycles. The third kappa shape index (κ3) is 5.15.